The van der Waals surface area contributed by atoms with Crippen molar-refractivity contribution in [2.75, 3.05) is 45.8 Å². The molecule has 0 aromatic heterocycles. The number of benzene rings is 3. The van der Waals surface area contributed by atoms with Crippen molar-refractivity contribution in [3.05, 3.63) is 99.5 Å². The van der Waals surface area contributed by atoms with Gasteiger partial charge in [0.2, 0.25) is 0 Å². The largest absolute Gasteiger partial charge is 0.491 e. The maximum atomic E-state index is 13.5. The van der Waals surface area contributed by atoms with E-state index in [1.54, 1.807) is 0 Å². The number of hydrogen-bond acceptors (Lipinski definition) is 3. The van der Waals surface area contributed by atoms with E-state index in [1.807, 2.05) is 44.2 Å². The van der Waals surface area contributed by atoms with E-state index < -0.39 is 0 Å². The quantitative estimate of drug-likeness (QED) is 0.169. The molecule has 4 nitrogen and oxygen atoms in total. The smallest absolute Gasteiger partial charge is 0.176 e. The summed E-state index contributed by atoms with van der Waals surface area (Å²) in [4.78, 5) is 15.9. The number of halogens is 2. The minimum Gasteiger partial charge on any atom is -0.491 e. The zero-order chi connectivity index (χ0) is 30.1. The van der Waals surface area contributed by atoms with Crippen molar-refractivity contribution in [1.82, 2.24) is 4.90 Å². The summed E-state index contributed by atoms with van der Waals surface area (Å²) in [6, 6.07) is 25.1. The maximum absolute atomic E-state index is 13.5. The first-order valence-electron chi connectivity index (χ1n) is 16.1. The SMILES string of the molecule is CC(C)Oc1cccc(C(=O)CN2CCC[C@](CC[N+]34CCC(c5ccccc5)(CC3)CC4)(c3ccc(Cl)c(Cl)c3)C2)c1. The van der Waals surface area contributed by atoms with Crippen LogP contribution in [0.15, 0.2) is 72.8 Å². The summed E-state index contributed by atoms with van der Waals surface area (Å²) >= 11 is 13.0. The van der Waals surface area contributed by atoms with Crippen molar-refractivity contribution < 1.29 is 14.0 Å². The lowest BCUT2D eigenvalue weighted by molar-refractivity contribution is -0.944. The molecule has 6 heteroatoms. The van der Waals surface area contributed by atoms with Crippen LogP contribution in [-0.2, 0) is 10.8 Å². The van der Waals surface area contributed by atoms with Gasteiger partial charge in [-0.05, 0) is 68.6 Å². The predicted molar refractivity (Wildman–Crippen MR) is 177 cm³/mol. The van der Waals surface area contributed by atoms with Crippen molar-refractivity contribution in [3.8, 4) is 5.75 Å². The van der Waals surface area contributed by atoms with Gasteiger partial charge in [-0.15, -0.1) is 0 Å². The third kappa shape index (κ3) is 6.54. The molecule has 0 saturated carbocycles. The van der Waals surface area contributed by atoms with Crippen LogP contribution >= 0.6 is 23.2 Å². The van der Waals surface area contributed by atoms with Gasteiger partial charge in [-0.2, -0.15) is 0 Å². The number of ether oxygens (including phenoxy) is 1. The Bertz CT molecular complexity index is 1420. The highest BCUT2D eigenvalue weighted by Crippen LogP contribution is 2.48. The Morgan fingerprint density at radius 3 is 2.33 bits per heavy atom. The number of quaternary nitrogens is 1. The molecular weight excluding hydrogens is 575 g/mol. The number of likely N-dealkylation sites (tertiary alicyclic amines) is 1. The number of nitrogens with zero attached hydrogens (tertiary/aromatic N) is 2. The number of Topliss-reactive ketones (excluding diaryl/α,β-unsaturated/α-hetero) is 1. The minimum atomic E-state index is -0.0617. The van der Waals surface area contributed by atoms with E-state index in [0.29, 0.717) is 27.6 Å². The van der Waals surface area contributed by atoms with Crippen LogP contribution in [0.1, 0.15) is 73.9 Å². The highest BCUT2D eigenvalue weighted by Gasteiger charge is 2.50. The van der Waals surface area contributed by atoms with Gasteiger partial charge in [-0.1, -0.05) is 71.7 Å². The third-order valence-corrected chi connectivity index (χ3v) is 11.5. The van der Waals surface area contributed by atoms with Crippen molar-refractivity contribution in [2.45, 2.75) is 69.3 Å². The van der Waals surface area contributed by atoms with Crippen LogP contribution in [0.25, 0.3) is 0 Å². The summed E-state index contributed by atoms with van der Waals surface area (Å²) in [5, 5.41) is 1.21. The minimum absolute atomic E-state index is 0.0617. The molecule has 0 radical (unpaired) electrons. The highest BCUT2D eigenvalue weighted by atomic mass is 35.5. The van der Waals surface area contributed by atoms with Gasteiger partial charge in [-0.25, -0.2) is 0 Å². The van der Waals surface area contributed by atoms with Crippen LogP contribution in [0, 0.1) is 0 Å². The molecule has 0 N–H and O–H groups in total. The summed E-state index contributed by atoms with van der Waals surface area (Å²) in [5.74, 6) is 0.892. The van der Waals surface area contributed by atoms with Gasteiger partial charge in [0.15, 0.2) is 5.78 Å². The second-order valence-electron chi connectivity index (χ2n) is 13.7. The van der Waals surface area contributed by atoms with E-state index >= 15 is 0 Å². The zero-order valence-electron chi connectivity index (χ0n) is 25.7. The molecule has 0 amide bonds. The van der Waals surface area contributed by atoms with E-state index in [1.165, 1.54) is 61.1 Å². The Morgan fingerprint density at radius 1 is 0.884 bits per heavy atom. The molecule has 2 bridgehead atoms. The number of carbonyl (C=O) groups is 1. The van der Waals surface area contributed by atoms with Gasteiger partial charge < -0.3 is 9.22 Å². The van der Waals surface area contributed by atoms with Crippen LogP contribution in [0.5, 0.6) is 5.75 Å². The molecule has 3 aromatic rings. The monoisotopic (exact) mass is 619 g/mol. The van der Waals surface area contributed by atoms with Gasteiger partial charge in [0.25, 0.3) is 0 Å². The lowest BCUT2D eigenvalue weighted by Gasteiger charge is -2.56. The first kappa shape index (κ1) is 30.6. The predicted octanol–water partition coefficient (Wildman–Crippen LogP) is 8.34. The molecule has 3 aromatic carbocycles. The van der Waals surface area contributed by atoms with Crippen LogP contribution in [0.2, 0.25) is 10.0 Å². The summed E-state index contributed by atoms with van der Waals surface area (Å²) in [7, 11) is 0. The van der Waals surface area contributed by atoms with Crippen molar-refractivity contribution in [3.63, 3.8) is 0 Å². The molecule has 4 saturated heterocycles. The first-order chi connectivity index (χ1) is 20.7. The maximum Gasteiger partial charge on any atom is 0.176 e. The molecule has 4 aliphatic heterocycles. The van der Waals surface area contributed by atoms with E-state index in [0.717, 1.165) is 38.1 Å². The van der Waals surface area contributed by atoms with E-state index in [4.69, 9.17) is 27.9 Å². The fourth-order valence-corrected chi connectivity index (χ4v) is 8.45. The normalized spacial score (nSPS) is 27.4. The first-order valence-corrected chi connectivity index (χ1v) is 16.8. The Labute approximate surface area is 267 Å². The number of rotatable bonds is 10. The number of carbonyl (C=O) groups excluding carboxylic acids is 1. The average Bonchev–Trinajstić information content (AvgIpc) is 3.03. The van der Waals surface area contributed by atoms with E-state index in [2.05, 4.69) is 47.4 Å². The molecule has 43 heavy (non-hydrogen) atoms. The molecule has 0 spiro atoms. The number of hydrogen-bond donors (Lipinski definition) is 0. The molecule has 0 unspecified atom stereocenters. The van der Waals surface area contributed by atoms with Crippen molar-refractivity contribution >= 4 is 29.0 Å². The Kier molecular flexibility index (Phi) is 8.95. The number of piperidine rings is 4. The summed E-state index contributed by atoms with van der Waals surface area (Å²) in [5.41, 5.74) is 3.81. The number of ketones is 1. The van der Waals surface area contributed by atoms with Crippen LogP contribution in [0.4, 0.5) is 0 Å². The highest BCUT2D eigenvalue weighted by molar-refractivity contribution is 6.42. The molecule has 4 heterocycles. The fraction of sp³-hybridized carbons (Fsp3) is 0.486. The molecule has 0 aliphatic carbocycles. The lowest BCUT2D eigenvalue weighted by Crippen LogP contribution is -2.64. The second kappa shape index (κ2) is 12.6. The van der Waals surface area contributed by atoms with Crippen LogP contribution in [-0.4, -0.2) is 67.1 Å². The van der Waals surface area contributed by atoms with Gasteiger partial charge >= 0.3 is 0 Å². The summed E-state index contributed by atoms with van der Waals surface area (Å²) < 4.78 is 7.08. The van der Waals surface area contributed by atoms with E-state index in [-0.39, 0.29) is 17.3 Å². The second-order valence-corrected chi connectivity index (χ2v) is 14.5. The third-order valence-electron chi connectivity index (χ3n) is 10.7. The van der Waals surface area contributed by atoms with E-state index in [9.17, 15) is 4.79 Å². The van der Waals surface area contributed by atoms with Gasteiger partial charge in [0, 0.05) is 48.6 Å². The van der Waals surface area contributed by atoms with Gasteiger partial charge in [-0.3, -0.25) is 9.69 Å². The van der Waals surface area contributed by atoms with Crippen LogP contribution in [0.3, 0.4) is 0 Å². The molecular formula is C37H45Cl2N2O2+. The lowest BCUT2D eigenvalue weighted by atomic mass is 9.65. The van der Waals surface area contributed by atoms with Crippen LogP contribution < -0.4 is 4.74 Å². The van der Waals surface area contributed by atoms with Gasteiger partial charge in [0.1, 0.15) is 5.75 Å². The number of fused-ring (bicyclic) bond motifs is 3. The molecule has 4 fully saturated rings. The fourth-order valence-electron chi connectivity index (χ4n) is 8.16. The molecule has 1 atom stereocenters. The topological polar surface area (TPSA) is 29.5 Å². The summed E-state index contributed by atoms with van der Waals surface area (Å²) in [6.45, 7) is 11.1. The van der Waals surface area contributed by atoms with Crippen molar-refractivity contribution in [1.29, 1.82) is 0 Å². The summed E-state index contributed by atoms with van der Waals surface area (Å²) in [6.07, 6.45) is 7.14. The zero-order valence-corrected chi connectivity index (χ0v) is 27.2. The Morgan fingerprint density at radius 2 is 1.63 bits per heavy atom. The average molecular weight is 621 g/mol. The standard InChI is InChI=1S/C37H45Cl2N2O2/c1-28(2)43-32-11-6-8-29(24-32)35(42)26-40-19-7-14-37(27-40,31-12-13-33(38)34(39)25-31)18-23-41-20-15-36(16-21-41,17-22-41)30-9-4-3-5-10-30/h3-6,8-13,24-25,28H,7,14-23,26-27H2,1-2H3/q+1/t36?,37-,41?/m1/s1. The molecule has 4 aliphatic rings. The van der Waals surface area contributed by atoms with Crippen molar-refractivity contribution in [2.24, 2.45) is 0 Å². The molecule has 228 valence electrons. The van der Waals surface area contributed by atoms with Gasteiger partial charge in [0.05, 0.1) is 48.9 Å². The molecule has 7 rings (SSSR count). The Balaban J connectivity index is 1.19. The Hall–Kier alpha value is -2.37.